The van der Waals surface area contributed by atoms with Gasteiger partial charge in [-0.3, -0.25) is 4.90 Å². The lowest BCUT2D eigenvalue weighted by Crippen LogP contribution is -2.42. The van der Waals surface area contributed by atoms with Crippen molar-refractivity contribution in [1.29, 1.82) is 0 Å². The maximum atomic E-state index is 13.4. The predicted octanol–water partition coefficient (Wildman–Crippen LogP) is 7.17. The van der Waals surface area contributed by atoms with E-state index in [0.717, 1.165) is 0 Å². The lowest BCUT2D eigenvalue weighted by atomic mass is 9.79. The first-order valence-electron chi connectivity index (χ1n) is 18.9. The van der Waals surface area contributed by atoms with Gasteiger partial charge in [0.15, 0.2) is 17.3 Å². The van der Waals surface area contributed by atoms with Gasteiger partial charge in [0.1, 0.15) is 24.7 Å². The Morgan fingerprint density at radius 2 is 1.32 bits per heavy atom. The van der Waals surface area contributed by atoms with E-state index in [1.165, 1.54) is 12.5 Å². The first-order valence-corrected chi connectivity index (χ1v) is 18.9. The van der Waals surface area contributed by atoms with Gasteiger partial charge in [-0.05, 0) is 20.9 Å². The van der Waals surface area contributed by atoms with Crippen molar-refractivity contribution in [2.45, 2.75) is 103 Å². The fourth-order valence-electron chi connectivity index (χ4n) is 6.13. The minimum Gasteiger partial charge on any atom is -0.457 e. The van der Waals surface area contributed by atoms with E-state index in [9.17, 15) is 19.8 Å². The zero-order chi connectivity index (χ0) is 40.9. The van der Waals surface area contributed by atoms with Gasteiger partial charge in [0.05, 0.1) is 24.7 Å². The van der Waals surface area contributed by atoms with Gasteiger partial charge in [-0.1, -0.05) is 119 Å². The molecule has 8 atom stereocenters. The number of oxazole rings is 2. The Balaban J connectivity index is 1.60. The number of carbonyl (C=O) groups is 2. The fourth-order valence-corrected chi connectivity index (χ4v) is 6.13. The van der Waals surface area contributed by atoms with Gasteiger partial charge in [-0.15, -0.1) is 0 Å². The van der Waals surface area contributed by atoms with Crippen molar-refractivity contribution in [2.24, 2.45) is 10.8 Å². The third-order valence-corrected chi connectivity index (χ3v) is 10.3. The Morgan fingerprint density at radius 3 is 1.95 bits per heavy atom. The summed E-state index contributed by atoms with van der Waals surface area (Å²) in [6, 6.07) is 0.258. The number of hydrogen-bond donors (Lipinski definition) is 2. The number of fused-ring (bicyclic) bond motifs is 5. The van der Waals surface area contributed by atoms with Gasteiger partial charge >= 0.3 is 11.9 Å². The molecule has 0 aliphatic carbocycles. The lowest BCUT2D eigenvalue weighted by molar-refractivity contribution is -0.0461. The normalized spacial score (nSPS) is 29.3. The van der Waals surface area contributed by atoms with Crippen LogP contribution in [0.1, 0.15) is 87.1 Å². The van der Waals surface area contributed by atoms with E-state index in [1.54, 1.807) is 43.6 Å². The van der Waals surface area contributed by atoms with Crippen LogP contribution in [0.3, 0.4) is 0 Å². The number of methoxy groups -OCH3 is 1. The van der Waals surface area contributed by atoms with E-state index in [4.69, 9.17) is 23.0 Å². The van der Waals surface area contributed by atoms with Gasteiger partial charge in [-0.2, -0.15) is 0 Å². The number of nitrogens with zero attached hydrogens (tertiary/aromatic N) is 3. The summed E-state index contributed by atoms with van der Waals surface area (Å²) < 4.78 is 28.7. The molecular formula is C44H57N3O9. The Labute approximate surface area is 330 Å². The van der Waals surface area contributed by atoms with Gasteiger partial charge in [0, 0.05) is 48.9 Å². The van der Waals surface area contributed by atoms with Gasteiger partial charge < -0.3 is 33.3 Å². The molecule has 56 heavy (non-hydrogen) atoms. The number of aromatic nitrogens is 2. The first-order chi connectivity index (χ1) is 26.7. The fraction of sp³-hybridized carbons (Fsp3) is 0.455. The van der Waals surface area contributed by atoms with E-state index in [1.807, 2.05) is 103 Å². The van der Waals surface area contributed by atoms with E-state index in [2.05, 4.69) is 20.9 Å². The van der Waals surface area contributed by atoms with Crippen molar-refractivity contribution in [3.8, 4) is 0 Å². The Bertz CT molecular complexity index is 1840. The third-order valence-electron chi connectivity index (χ3n) is 10.3. The number of allylic oxidation sites excluding steroid dienone is 8. The summed E-state index contributed by atoms with van der Waals surface area (Å²) in [5, 5.41) is 21.9. The first kappa shape index (κ1) is 43.8. The number of aliphatic hydroxyl groups is 2. The van der Waals surface area contributed by atoms with Crippen LogP contribution in [-0.4, -0.2) is 93.8 Å². The summed E-state index contributed by atoms with van der Waals surface area (Å²) in [6.07, 6.45) is 29.2. The summed E-state index contributed by atoms with van der Waals surface area (Å²) in [5.74, 6) is -0.761. The summed E-state index contributed by atoms with van der Waals surface area (Å²) >= 11 is 0. The van der Waals surface area contributed by atoms with Crippen LogP contribution in [0.15, 0.2) is 113 Å². The molecule has 12 nitrogen and oxygen atoms in total. The average Bonchev–Trinajstić information content (AvgIpc) is 3.51. The molecule has 4 bridgehead atoms. The second-order valence-electron chi connectivity index (χ2n) is 15.0. The van der Waals surface area contributed by atoms with Crippen molar-refractivity contribution >= 4 is 18.0 Å². The minimum atomic E-state index is -0.870. The third kappa shape index (κ3) is 11.8. The number of carbonyl (C=O) groups excluding carboxylic acids is 2. The molecule has 1 saturated heterocycles. The maximum absolute atomic E-state index is 13.4. The smallest absolute Gasteiger partial charge is 0.360 e. The average molecular weight is 772 g/mol. The number of aliphatic hydroxyl groups excluding tert-OH is 2. The summed E-state index contributed by atoms with van der Waals surface area (Å²) in [6.45, 7) is 11.1. The second kappa shape index (κ2) is 20.3. The van der Waals surface area contributed by atoms with E-state index >= 15 is 0 Å². The van der Waals surface area contributed by atoms with E-state index in [0.29, 0.717) is 18.7 Å². The summed E-state index contributed by atoms with van der Waals surface area (Å²) in [7, 11) is 3.57. The number of hydrogen-bond acceptors (Lipinski definition) is 12. The highest BCUT2D eigenvalue weighted by atomic mass is 16.6. The molecule has 0 saturated carbocycles. The zero-order valence-corrected chi connectivity index (χ0v) is 33.6. The lowest BCUT2D eigenvalue weighted by Gasteiger charge is -2.36. The minimum absolute atomic E-state index is 0.0230. The summed E-state index contributed by atoms with van der Waals surface area (Å²) in [4.78, 5) is 37.5. The Kier molecular flexibility index (Phi) is 15.9. The molecule has 2 N–H and O–H groups in total. The molecule has 1 unspecified atom stereocenters. The molecule has 1 fully saturated rings. The molecule has 302 valence electrons. The van der Waals surface area contributed by atoms with Crippen LogP contribution in [0.25, 0.3) is 6.08 Å². The quantitative estimate of drug-likeness (QED) is 0.166. The maximum Gasteiger partial charge on any atom is 0.360 e. The zero-order valence-electron chi connectivity index (χ0n) is 33.6. The molecule has 0 spiro atoms. The van der Waals surface area contributed by atoms with Gasteiger partial charge in [0.25, 0.3) is 0 Å². The topological polar surface area (TPSA) is 157 Å². The highest BCUT2D eigenvalue weighted by Crippen LogP contribution is 2.34. The van der Waals surface area contributed by atoms with Crippen LogP contribution in [0.5, 0.6) is 0 Å². The molecule has 2 aliphatic rings. The highest BCUT2D eigenvalue weighted by Gasteiger charge is 2.41. The number of cyclic esters (lactones) is 2. The molecule has 12 heteroatoms. The predicted molar refractivity (Wildman–Crippen MR) is 214 cm³/mol. The van der Waals surface area contributed by atoms with Crippen molar-refractivity contribution in [3.05, 3.63) is 127 Å². The van der Waals surface area contributed by atoms with Crippen LogP contribution in [0.4, 0.5) is 0 Å². The van der Waals surface area contributed by atoms with Crippen molar-refractivity contribution in [1.82, 2.24) is 14.9 Å². The molecule has 2 aromatic heterocycles. The molecule has 0 radical (unpaired) electrons. The largest absolute Gasteiger partial charge is 0.457 e. The molecule has 2 aromatic rings. The SMILES string of the molecule is C/C=C/[C@H](O)C(C)(C)[C@@H]1C\C=C/C=C\C=C\[C@H](OC)Cc2nc(co2)C(=O)O[C@H](C(C)(C)[C@@H](O)/C=C/C)C/C=C\[C@@H]2[C@H](/C=C/C=C\c3nc(co3)C(=O)O1)N2C. The monoisotopic (exact) mass is 771 g/mol. The van der Waals surface area contributed by atoms with Crippen LogP contribution in [-0.2, 0) is 20.6 Å². The van der Waals surface area contributed by atoms with Crippen LogP contribution in [0.2, 0.25) is 0 Å². The Hall–Kier alpha value is -4.88. The van der Waals surface area contributed by atoms with Crippen molar-refractivity contribution in [2.75, 3.05) is 14.2 Å². The molecule has 2 aliphatic heterocycles. The van der Waals surface area contributed by atoms with Gasteiger partial charge in [-0.25, -0.2) is 19.6 Å². The molecule has 4 heterocycles. The molecule has 0 amide bonds. The van der Waals surface area contributed by atoms with Crippen LogP contribution in [0, 0.1) is 10.8 Å². The summed E-state index contributed by atoms with van der Waals surface area (Å²) in [5.41, 5.74) is -1.60. The number of likely N-dealkylation sites (N-methyl/N-ethyl adjacent to an activating group) is 1. The Morgan fingerprint density at radius 1 is 0.768 bits per heavy atom. The number of ether oxygens (including phenoxy) is 3. The highest BCUT2D eigenvalue weighted by molar-refractivity contribution is 5.87. The molecular weight excluding hydrogens is 714 g/mol. The molecule has 0 aromatic carbocycles. The second-order valence-corrected chi connectivity index (χ2v) is 15.0. The van der Waals surface area contributed by atoms with E-state index in [-0.39, 0.29) is 35.8 Å². The standard InChI is InChI=1S/C44H57N3O9/c1-9-19-35(48)43(3,4)37-24-15-13-11-12-14-21-30(52-8)27-40-46-32(29-54-40)42(51)56-38(44(5,6)36(49)20-10-2)25-18-23-34-33(47(34)7)22-16-17-26-39-45-31(28-53-39)41(50)55-37/h9-23,26,28-30,33-38,48-49H,24-25,27H2,1-8H3/b12-11-,15-13-,19-9+,20-10+,21-14+,22-16+,23-18-,26-17-/t30-,33-,34+,35-,36-,37-,38-,47?/m0/s1. The molecule has 4 rings (SSSR count). The number of rotatable bonds is 7. The van der Waals surface area contributed by atoms with Gasteiger partial charge in [0.2, 0.25) is 5.89 Å². The van der Waals surface area contributed by atoms with Crippen LogP contribution >= 0.6 is 0 Å². The number of esters is 2. The van der Waals surface area contributed by atoms with Crippen LogP contribution < -0.4 is 0 Å². The van der Waals surface area contributed by atoms with E-state index < -0.39 is 53.3 Å². The van der Waals surface area contributed by atoms with Crippen molar-refractivity contribution < 1.29 is 42.8 Å². The van der Waals surface area contributed by atoms with Crippen molar-refractivity contribution in [3.63, 3.8) is 0 Å².